The third-order valence-electron chi connectivity index (χ3n) is 9.61. The van der Waals surface area contributed by atoms with Gasteiger partial charge in [0, 0.05) is 6.42 Å². The number of aliphatic hydroxyl groups excluding tert-OH is 5. The van der Waals surface area contributed by atoms with Crippen LogP contribution < -0.4 is 5.32 Å². The maximum atomic E-state index is 12.8. The van der Waals surface area contributed by atoms with E-state index in [-0.39, 0.29) is 12.5 Å². The van der Waals surface area contributed by atoms with Crippen molar-refractivity contribution in [1.29, 1.82) is 0 Å². The number of carbonyl (C=O) groups is 1. The second-order valence-corrected chi connectivity index (χ2v) is 14.1. The van der Waals surface area contributed by atoms with Crippen LogP contribution in [-0.4, -0.2) is 87.5 Å². The molecule has 1 aliphatic rings. The molecule has 6 N–H and O–H groups in total. The predicted octanol–water partition coefficient (Wildman–Crippen LogP) is 7.00. The van der Waals surface area contributed by atoms with Gasteiger partial charge in [-0.25, -0.2) is 0 Å². The van der Waals surface area contributed by atoms with Gasteiger partial charge in [-0.05, 0) is 19.3 Å². The maximum Gasteiger partial charge on any atom is 0.220 e. The molecule has 1 aliphatic heterocycles. The lowest BCUT2D eigenvalue weighted by molar-refractivity contribution is -0.302. The van der Waals surface area contributed by atoms with Crippen molar-refractivity contribution in [3.8, 4) is 0 Å². The normalized spacial score (nSPS) is 22.7. The SMILES string of the molecule is CCCCCCCCCCCCCCCC/C=C/[C@@H](O)[C@H](CO[C@@H]1O[C@H](CO)[C@@H](O)C(O)C1O)NC(=O)CCCCCCCCCCC. The van der Waals surface area contributed by atoms with Gasteiger partial charge < -0.3 is 40.3 Å². The van der Waals surface area contributed by atoms with Crippen molar-refractivity contribution >= 4 is 5.91 Å². The van der Waals surface area contributed by atoms with E-state index in [0.717, 1.165) is 38.5 Å². The second-order valence-electron chi connectivity index (χ2n) is 14.1. The number of hydrogen-bond donors (Lipinski definition) is 6. The quantitative estimate of drug-likeness (QED) is 0.0328. The van der Waals surface area contributed by atoms with Crippen LogP contribution in [0.5, 0.6) is 0 Å². The zero-order valence-electron chi connectivity index (χ0n) is 30.7. The van der Waals surface area contributed by atoms with Gasteiger partial charge in [0.15, 0.2) is 6.29 Å². The first-order valence-electron chi connectivity index (χ1n) is 19.9. The number of allylic oxidation sites excluding steroid dienone is 1. The highest BCUT2D eigenvalue weighted by atomic mass is 16.7. The lowest BCUT2D eigenvalue weighted by atomic mass is 9.99. The highest BCUT2D eigenvalue weighted by molar-refractivity contribution is 5.76. The first-order valence-corrected chi connectivity index (χ1v) is 19.9. The molecule has 284 valence electrons. The zero-order valence-corrected chi connectivity index (χ0v) is 30.7. The highest BCUT2D eigenvalue weighted by Crippen LogP contribution is 2.22. The Morgan fingerprint density at radius 2 is 1.15 bits per heavy atom. The number of nitrogens with one attached hydrogen (secondary N) is 1. The molecular weight excluding hydrogens is 610 g/mol. The van der Waals surface area contributed by atoms with Crippen LogP contribution >= 0.6 is 0 Å². The summed E-state index contributed by atoms with van der Waals surface area (Å²) in [6, 6.07) is -0.795. The first-order chi connectivity index (χ1) is 23.3. The summed E-state index contributed by atoms with van der Waals surface area (Å²) >= 11 is 0. The van der Waals surface area contributed by atoms with Crippen LogP contribution in [0.1, 0.15) is 174 Å². The highest BCUT2D eigenvalue weighted by Gasteiger charge is 2.44. The van der Waals surface area contributed by atoms with Gasteiger partial charge in [-0.2, -0.15) is 0 Å². The summed E-state index contributed by atoms with van der Waals surface area (Å²) in [4.78, 5) is 12.8. The molecule has 0 aromatic rings. The van der Waals surface area contributed by atoms with Crippen LogP contribution in [0.4, 0.5) is 0 Å². The van der Waals surface area contributed by atoms with Gasteiger partial charge in [0.05, 0.1) is 25.4 Å². The van der Waals surface area contributed by atoms with E-state index < -0.39 is 49.5 Å². The van der Waals surface area contributed by atoms with Crippen molar-refractivity contribution in [2.75, 3.05) is 13.2 Å². The Morgan fingerprint density at radius 1 is 0.688 bits per heavy atom. The summed E-state index contributed by atoms with van der Waals surface area (Å²) in [7, 11) is 0. The van der Waals surface area contributed by atoms with E-state index in [2.05, 4.69) is 19.2 Å². The zero-order chi connectivity index (χ0) is 35.2. The summed E-state index contributed by atoms with van der Waals surface area (Å²) in [5, 5.41) is 53.9. The van der Waals surface area contributed by atoms with Gasteiger partial charge >= 0.3 is 0 Å². The molecule has 0 aliphatic carbocycles. The molecule has 7 atom stereocenters. The predicted molar refractivity (Wildman–Crippen MR) is 194 cm³/mol. The fourth-order valence-electron chi connectivity index (χ4n) is 6.33. The van der Waals surface area contributed by atoms with Crippen LogP contribution in [0, 0.1) is 0 Å². The lowest BCUT2D eigenvalue weighted by Crippen LogP contribution is -2.60. The molecule has 1 fully saturated rings. The molecular formula is C39H75NO8. The minimum atomic E-state index is -1.56. The molecule has 9 heteroatoms. The molecule has 1 saturated heterocycles. The average Bonchev–Trinajstić information content (AvgIpc) is 3.08. The molecule has 1 rings (SSSR count). The summed E-state index contributed by atoms with van der Waals surface area (Å²) in [6.07, 6.45) is 25.4. The largest absolute Gasteiger partial charge is 0.394 e. The molecule has 1 amide bonds. The van der Waals surface area contributed by atoms with Crippen molar-refractivity contribution in [2.24, 2.45) is 0 Å². The molecule has 9 nitrogen and oxygen atoms in total. The molecule has 48 heavy (non-hydrogen) atoms. The average molecular weight is 686 g/mol. The third kappa shape index (κ3) is 21.9. The summed E-state index contributed by atoms with van der Waals surface area (Å²) in [5.41, 5.74) is 0. The molecule has 0 aromatic heterocycles. The Morgan fingerprint density at radius 3 is 1.62 bits per heavy atom. The summed E-state index contributed by atoms with van der Waals surface area (Å²) in [6.45, 7) is 3.73. The Kier molecular flexibility index (Phi) is 28.8. The summed E-state index contributed by atoms with van der Waals surface area (Å²) < 4.78 is 11.1. The molecule has 0 spiro atoms. The van der Waals surface area contributed by atoms with Crippen molar-refractivity contribution < 1.29 is 39.8 Å². The number of hydrogen-bond acceptors (Lipinski definition) is 8. The van der Waals surface area contributed by atoms with Gasteiger partial charge in [-0.1, -0.05) is 161 Å². The molecule has 1 heterocycles. The minimum Gasteiger partial charge on any atom is -0.394 e. The van der Waals surface area contributed by atoms with E-state index >= 15 is 0 Å². The van der Waals surface area contributed by atoms with E-state index in [1.165, 1.54) is 116 Å². The Bertz CT molecular complexity index is 766. The number of carbonyl (C=O) groups excluding carboxylic acids is 1. The number of unbranched alkanes of at least 4 members (excludes halogenated alkanes) is 22. The number of rotatable bonds is 32. The molecule has 0 radical (unpaired) electrons. The van der Waals surface area contributed by atoms with Gasteiger partial charge in [0.1, 0.15) is 24.4 Å². The number of amides is 1. The van der Waals surface area contributed by atoms with Crippen LogP contribution in [0.2, 0.25) is 0 Å². The first kappa shape index (κ1) is 45.0. The van der Waals surface area contributed by atoms with Crippen LogP contribution in [-0.2, 0) is 14.3 Å². The Labute approximate surface area is 293 Å². The van der Waals surface area contributed by atoms with Gasteiger partial charge in [-0.3, -0.25) is 4.79 Å². The van der Waals surface area contributed by atoms with Crippen molar-refractivity contribution in [3.05, 3.63) is 12.2 Å². The third-order valence-corrected chi connectivity index (χ3v) is 9.61. The fraction of sp³-hybridized carbons (Fsp3) is 0.923. The molecule has 0 bridgehead atoms. The molecule has 0 aromatic carbocycles. The van der Waals surface area contributed by atoms with E-state index in [9.17, 15) is 30.3 Å². The maximum absolute atomic E-state index is 12.8. The molecule has 2 unspecified atom stereocenters. The van der Waals surface area contributed by atoms with Crippen LogP contribution in [0.3, 0.4) is 0 Å². The van der Waals surface area contributed by atoms with E-state index in [4.69, 9.17) is 9.47 Å². The van der Waals surface area contributed by atoms with Crippen molar-refractivity contribution in [2.45, 2.75) is 217 Å². The number of aliphatic hydroxyl groups is 5. The smallest absolute Gasteiger partial charge is 0.220 e. The Hall–Kier alpha value is -1.07. The van der Waals surface area contributed by atoms with Crippen molar-refractivity contribution in [3.63, 3.8) is 0 Å². The van der Waals surface area contributed by atoms with Gasteiger partial charge in [0.25, 0.3) is 0 Å². The van der Waals surface area contributed by atoms with Crippen LogP contribution in [0.15, 0.2) is 12.2 Å². The fourth-order valence-corrected chi connectivity index (χ4v) is 6.33. The van der Waals surface area contributed by atoms with E-state index in [1.54, 1.807) is 6.08 Å². The van der Waals surface area contributed by atoms with E-state index in [0.29, 0.717) is 6.42 Å². The van der Waals surface area contributed by atoms with Crippen molar-refractivity contribution in [1.82, 2.24) is 5.32 Å². The lowest BCUT2D eigenvalue weighted by Gasteiger charge is -2.40. The van der Waals surface area contributed by atoms with Gasteiger partial charge in [-0.15, -0.1) is 0 Å². The van der Waals surface area contributed by atoms with Gasteiger partial charge in [0.2, 0.25) is 5.91 Å². The molecule has 0 saturated carbocycles. The Balaban J connectivity index is 2.42. The topological polar surface area (TPSA) is 149 Å². The second kappa shape index (κ2) is 30.7. The number of ether oxygens (including phenoxy) is 2. The summed E-state index contributed by atoms with van der Waals surface area (Å²) in [5.74, 6) is -0.181. The standard InChI is InChI=1S/C39H75NO8/c1-3-5-7-9-11-13-14-15-16-17-18-19-21-22-24-26-28-33(42)32(31-47-39-38(46)37(45)36(44)34(30-41)48-39)40-35(43)29-27-25-23-20-12-10-8-6-4-2/h26,28,32-34,36-39,41-42,44-46H,3-25,27,29-31H2,1-2H3,(H,40,43)/b28-26+/t32-,33+,34+,36+,37?,38?,39+/m0/s1. The van der Waals surface area contributed by atoms with E-state index in [1.807, 2.05) is 6.08 Å². The monoisotopic (exact) mass is 686 g/mol. The van der Waals surface area contributed by atoms with Crippen LogP contribution in [0.25, 0.3) is 0 Å². The minimum absolute atomic E-state index is 0.181.